The van der Waals surface area contributed by atoms with Crippen molar-refractivity contribution in [1.29, 1.82) is 0 Å². The molecule has 8 heteroatoms. The number of pyridine rings is 1. The molecule has 0 radical (unpaired) electrons. The molecule has 1 aromatic carbocycles. The van der Waals surface area contributed by atoms with Crippen LogP contribution >= 0.6 is 11.3 Å². The third-order valence-electron chi connectivity index (χ3n) is 4.29. The highest BCUT2D eigenvalue weighted by Gasteiger charge is 2.19. The van der Waals surface area contributed by atoms with Crippen molar-refractivity contribution in [2.75, 3.05) is 0 Å². The van der Waals surface area contributed by atoms with Gasteiger partial charge in [0, 0.05) is 16.5 Å². The second-order valence-corrected chi connectivity index (χ2v) is 8.40. The fourth-order valence-electron chi connectivity index (χ4n) is 2.82. The first-order valence-electron chi connectivity index (χ1n) is 8.76. The SMILES string of the molecule is Cc1sc(C(N)=O)cc1-c1ncc(F)cc1OCc1cc(F)cc(C(C)(C)O)c1. The number of hydrogen-bond acceptors (Lipinski definition) is 5. The zero-order chi connectivity index (χ0) is 21.3. The Morgan fingerprint density at radius 2 is 1.93 bits per heavy atom. The van der Waals surface area contributed by atoms with E-state index in [0.29, 0.717) is 27.3 Å². The Bertz CT molecular complexity index is 1070. The molecule has 0 spiro atoms. The summed E-state index contributed by atoms with van der Waals surface area (Å²) in [5.74, 6) is -1.52. The lowest BCUT2D eigenvalue weighted by Gasteiger charge is -2.19. The second kappa shape index (κ2) is 7.88. The Balaban J connectivity index is 1.94. The first-order chi connectivity index (χ1) is 13.5. The normalized spacial score (nSPS) is 11.5. The molecule has 3 aromatic rings. The smallest absolute Gasteiger partial charge is 0.258 e. The Labute approximate surface area is 170 Å². The van der Waals surface area contributed by atoms with Crippen LogP contribution in [-0.4, -0.2) is 16.0 Å². The molecule has 29 heavy (non-hydrogen) atoms. The van der Waals surface area contributed by atoms with Gasteiger partial charge >= 0.3 is 0 Å². The van der Waals surface area contributed by atoms with E-state index in [1.165, 1.54) is 29.5 Å². The standard InChI is InChI=1S/C21H20F2N2O3S/c1-11-16(8-18(29-11)20(24)26)19-17(7-15(23)9-25-19)28-10-12-4-13(21(2,3)27)6-14(22)5-12/h4-9,27H,10H2,1-3H3,(H2,24,26). The van der Waals surface area contributed by atoms with E-state index in [9.17, 15) is 18.7 Å². The highest BCUT2D eigenvalue weighted by molar-refractivity contribution is 7.14. The molecule has 0 atom stereocenters. The topological polar surface area (TPSA) is 85.4 Å². The summed E-state index contributed by atoms with van der Waals surface area (Å²) in [5, 5.41) is 10.1. The lowest BCUT2D eigenvalue weighted by atomic mass is 9.96. The number of primary amides is 1. The number of aromatic nitrogens is 1. The van der Waals surface area contributed by atoms with Gasteiger partial charge in [-0.25, -0.2) is 13.8 Å². The van der Waals surface area contributed by atoms with E-state index < -0.39 is 23.1 Å². The van der Waals surface area contributed by atoms with Crippen molar-refractivity contribution in [2.24, 2.45) is 5.73 Å². The number of aliphatic hydroxyl groups is 1. The van der Waals surface area contributed by atoms with Crippen molar-refractivity contribution < 1.29 is 23.4 Å². The average Bonchev–Trinajstić information content (AvgIpc) is 3.01. The molecule has 0 saturated heterocycles. The maximum atomic E-state index is 13.9. The van der Waals surface area contributed by atoms with Gasteiger partial charge in [-0.2, -0.15) is 0 Å². The van der Waals surface area contributed by atoms with Crippen LogP contribution in [0, 0.1) is 18.6 Å². The van der Waals surface area contributed by atoms with Crippen molar-refractivity contribution in [3.63, 3.8) is 0 Å². The number of rotatable bonds is 6. The minimum absolute atomic E-state index is 0.0646. The monoisotopic (exact) mass is 418 g/mol. The molecule has 2 aromatic heterocycles. The van der Waals surface area contributed by atoms with Crippen molar-refractivity contribution in [2.45, 2.75) is 33.0 Å². The Kier molecular flexibility index (Phi) is 5.68. The number of ether oxygens (including phenoxy) is 1. The van der Waals surface area contributed by atoms with Gasteiger partial charge in [-0.1, -0.05) is 0 Å². The van der Waals surface area contributed by atoms with E-state index in [1.807, 2.05) is 0 Å². The predicted octanol–water partition coefficient (Wildman–Crippen LogP) is 4.30. The molecule has 0 aliphatic heterocycles. The highest BCUT2D eigenvalue weighted by Crippen LogP contribution is 2.36. The van der Waals surface area contributed by atoms with Crippen LogP contribution < -0.4 is 10.5 Å². The summed E-state index contributed by atoms with van der Waals surface area (Å²) in [6, 6.07) is 6.92. The number of nitrogens with two attached hydrogens (primary N) is 1. The molecular weight excluding hydrogens is 398 g/mol. The van der Waals surface area contributed by atoms with Crippen LogP contribution in [-0.2, 0) is 12.2 Å². The molecule has 0 saturated carbocycles. The molecule has 5 nitrogen and oxygen atoms in total. The van der Waals surface area contributed by atoms with E-state index in [2.05, 4.69) is 4.98 Å². The highest BCUT2D eigenvalue weighted by atomic mass is 32.1. The van der Waals surface area contributed by atoms with Gasteiger partial charge in [-0.3, -0.25) is 4.79 Å². The first kappa shape index (κ1) is 20.9. The molecule has 2 heterocycles. The zero-order valence-corrected chi connectivity index (χ0v) is 16.9. The van der Waals surface area contributed by atoms with Gasteiger partial charge in [0.15, 0.2) is 0 Å². The van der Waals surface area contributed by atoms with Gasteiger partial charge in [0.1, 0.15) is 29.7 Å². The molecule has 0 unspecified atom stereocenters. The first-order valence-corrected chi connectivity index (χ1v) is 9.57. The van der Waals surface area contributed by atoms with Gasteiger partial charge in [0.2, 0.25) is 0 Å². The molecule has 1 amide bonds. The fourth-order valence-corrected chi connectivity index (χ4v) is 3.69. The summed E-state index contributed by atoms with van der Waals surface area (Å²) < 4.78 is 33.5. The maximum Gasteiger partial charge on any atom is 0.258 e. The molecule has 0 fully saturated rings. The molecule has 152 valence electrons. The zero-order valence-electron chi connectivity index (χ0n) is 16.1. The van der Waals surface area contributed by atoms with Crippen LogP contribution in [0.25, 0.3) is 11.3 Å². The van der Waals surface area contributed by atoms with Crippen LogP contribution in [0.4, 0.5) is 8.78 Å². The number of aryl methyl sites for hydroxylation is 1. The number of nitrogens with zero attached hydrogens (tertiary/aromatic N) is 1. The number of amides is 1. The predicted molar refractivity (Wildman–Crippen MR) is 107 cm³/mol. The summed E-state index contributed by atoms with van der Waals surface area (Å²) in [4.78, 5) is 16.7. The van der Waals surface area contributed by atoms with E-state index >= 15 is 0 Å². The lowest BCUT2D eigenvalue weighted by molar-refractivity contribution is 0.0780. The fraction of sp³-hybridized carbons (Fsp3) is 0.238. The summed E-state index contributed by atoms with van der Waals surface area (Å²) in [7, 11) is 0. The molecule has 0 aliphatic rings. The van der Waals surface area contributed by atoms with Gasteiger partial charge in [0.05, 0.1) is 16.7 Å². The van der Waals surface area contributed by atoms with Crippen LogP contribution in [0.5, 0.6) is 5.75 Å². The summed E-state index contributed by atoms with van der Waals surface area (Å²) in [6.07, 6.45) is 1.05. The van der Waals surface area contributed by atoms with Crippen molar-refractivity contribution >= 4 is 17.2 Å². The Morgan fingerprint density at radius 3 is 2.55 bits per heavy atom. The third kappa shape index (κ3) is 4.78. The van der Waals surface area contributed by atoms with Crippen LogP contribution in [0.15, 0.2) is 36.5 Å². The van der Waals surface area contributed by atoms with Crippen molar-refractivity contribution in [3.05, 3.63) is 69.0 Å². The number of carbonyl (C=O) groups excluding carboxylic acids is 1. The van der Waals surface area contributed by atoms with Crippen molar-refractivity contribution in [1.82, 2.24) is 4.98 Å². The van der Waals surface area contributed by atoms with Crippen LogP contribution in [0.2, 0.25) is 0 Å². The van der Waals surface area contributed by atoms with Gasteiger partial charge in [-0.15, -0.1) is 11.3 Å². The molecule has 3 N–H and O–H groups in total. The number of thiophene rings is 1. The molecular formula is C21H20F2N2O3S. The number of benzene rings is 1. The molecule has 0 aliphatic carbocycles. The van der Waals surface area contributed by atoms with Crippen LogP contribution in [0.1, 0.15) is 39.5 Å². The summed E-state index contributed by atoms with van der Waals surface area (Å²) in [5.41, 5.74) is 5.94. The van der Waals surface area contributed by atoms with E-state index in [0.717, 1.165) is 11.1 Å². The van der Waals surface area contributed by atoms with E-state index in [4.69, 9.17) is 10.5 Å². The lowest BCUT2D eigenvalue weighted by Crippen LogP contribution is -2.16. The van der Waals surface area contributed by atoms with Crippen LogP contribution in [0.3, 0.4) is 0 Å². The molecule has 3 rings (SSSR count). The largest absolute Gasteiger partial charge is 0.487 e. The summed E-state index contributed by atoms with van der Waals surface area (Å²) in [6.45, 7) is 4.83. The average molecular weight is 418 g/mol. The van der Waals surface area contributed by atoms with E-state index in [-0.39, 0.29) is 12.4 Å². The Hall–Kier alpha value is -2.84. The Morgan fingerprint density at radius 1 is 1.21 bits per heavy atom. The number of halogens is 2. The minimum Gasteiger partial charge on any atom is -0.487 e. The maximum absolute atomic E-state index is 13.9. The quantitative estimate of drug-likeness (QED) is 0.625. The van der Waals surface area contributed by atoms with E-state index in [1.54, 1.807) is 32.9 Å². The van der Waals surface area contributed by atoms with Gasteiger partial charge in [-0.05, 0) is 56.2 Å². The third-order valence-corrected chi connectivity index (χ3v) is 5.36. The van der Waals surface area contributed by atoms with Gasteiger partial charge < -0.3 is 15.6 Å². The number of carbonyl (C=O) groups is 1. The van der Waals surface area contributed by atoms with Gasteiger partial charge in [0.25, 0.3) is 5.91 Å². The molecule has 0 bridgehead atoms. The number of hydrogen-bond donors (Lipinski definition) is 2. The van der Waals surface area contributed by atoms with Crippen molar-refractivity contribution in [3.8, 4) is 17.0 Å². The second-order valence-electron chi connectivity index (χ2n) is 7.14. The summed E-state index contributed by atoms with van der Waals surface area (Å²) >= 11 is 1.21. The minimum atomic E-state index is -1.22.